The van der Waals surface area contributed by atoms with Gasteiger partial charge in [-0.05, 0) is 17.5 Å². The lowest BCUT2D eigenvalue weighted by Gasteiger charge is -2.27. The first-order valence-electron chi connectivity index (χ1n) is 8.17. The van der Waals surface area contributed by atoms with E-state index in [1.807, 2.05) is 29.0 Å². The van der Waals surface area contributed by atoms with Crippen LogP contribution in [0.15, 0.2) is 30.5 Å². The van der Waals surface area contributed by atoms with E-state index in [0.29, 0.717) is 25.2 Å². The van der Waals surface area contributed by atoms with Crippen LogP contribution in [0.3, 0.4) is 0 Å². The van der Waals surface area contributed by atoms with Gasteiger partial charge in [0.2, 0.25) is 0 Å². The third kappa shape index (κ3) is 2.75. The normalized spacial score (nSPS) is 13.6. The van der Waals surface area contributed by atoms with E-state index in [1.54, 1.807) is 0 Å². The minimum absolute atomic E-state index is 0.309. The van der Waals surface area contributed by atoms with Crippen molar-refractivity contribution in [2.24, 2.45) is 11.5 Å². The molecule has 24 heavy (non-hydrogen) atoms. The van der Waals surface area contributed by atoms with Crippen LogP contribution in [0, 0.1) is 0 Å². The molecule has 6 nitrogen and oxygen atoms in total. The largest absolute Gasteiger partial charge is 0.366 e. The number of carbonyl (C=O) groups is 2. The van der Waals surface area contributed by atoms with Crippen LogP contribution in [-0.2, 0) is 19.5 Å². The molecule has 2 heterocycles. The van der Waals surface area contributed by atoms with Gasteiger partial charge in [-0.15, -0.1) is 0 Å². The number of amides is 3. The van der Waals surface area contributed by atoms with Crippen LogP contribution in [0.1, 0.15) is 35.0 Å². The van der Waals surface area contributed by atoms with Crippen molar-refractivity contribution in [3.63, 3.8) is 0 Å². The fourth-order valence-electron chi connectivity index (χ4n) is 3.39. The van der Waals surface area contributed by atoms with Crippen LogP contribution in [0.5, 0.6) is 0 Å². The van der Waals surface area contributed by atoms with E-state index in [0.717, 1.165) is 29.7 Å². The average Bonchev–Trinajstić information content (AvgIpc) is 2.94. The summed E-state index contributed by atoms with van der Waals surface area (Å²) in [6, 6.07) is 7.58. The summed E-state index contributed by atoms with van der Waals surface area (Å²) in [5, 5.41) is 0. The van der Waals surface area contributed by atoms with Gasteiger partial charge in [-0.25, -0.2) is 4.79 Å². The van der Waals surface area contributed by atoms with Crippen molar-refractivity contribution in [1.82, 2.24) is 9.47 Å². The van der Waals surface area contributed by atoms with Crippen LogP contribution in [-0.4, -0.2) is 28.0 Å². The second kappa shape index (κ2) is 6.39. The summed E-state index contributed by atoms with van der Waals surface area (Å²) in [5.74, 6) is -0.476. The van der Waals surface area contributed by atoms with E-state index in [4.69, 9.17) is 11.5 Å². The quantitative estimate of drug-likeness (QED) is 0.900. The second-order valence-corrected chi connectivity index (χ2v) is 6.09. The molecule has 4 N–H and O–H groups in total. The maximum Gasteiger partial charge on any atom is 0.315 e. The minimum Gasteiger partial charge on any atom is -0.366 e. The van der Waals surface area contributed by atoms with Gasteiger partial charge in [0.15, 0.2) is 0 Å². The lowest BCUT2D eigenvalue weighted by molar-refractivity contribution is 0.0997. The Bertz CT molecular complexity index is 794. The number of nitrogens with two attached hydrogens (primary N) is 2. The van der Waals surface area contributed by atoms with E-state index in [9.17, 15) is 9.59 Å². The molecular weight excluding hydrogens is 304 g/mol. The number of nitrogens with zero attached hydrogens (tertiary/aromatic N) is 2. The summed E-state index contributed by atoms with van der Waals surface area (Å²) in [5.41, 5.74) is 15.4. The van der Waals surface area contributed by atoms with Gasteiger partial charge in [-0.3, -0.25) is 4.79 Å². The number of hydrogen-bond acceptors (Lipinski definition) is 2. The van der Waals surface area contributed by atoms with E-state index in [2.05, 4.69) is 13.0 Å². The summed E-state index contributed by atoms with van der Waals surface area (Å²) >= 11 is 0. The highest BCUT2D eigenvalue weighted by atomic mass is 16.2. The zero-order valence-electron chi connectivity index (χ0n) is 13.8. The van der Waals surface area contributed by atoms with Gasteiger partial charge in [0.05, 0.1) is 17.8 Å². The maximum absolute atomic E-state index is 12.1. The molecule has 0 bridgehead atoms. The number of benzene rings is 1. The molecule has 0 fully saturated rings. The van der Waals surface area contributed by atoms with Crippen LogP contribution in [0.4, 0.5) is 4.79 Å². The molecule has 1 aliphatic rings. The maximum atomic E-state index is 12.1. The van der Waals surface area contributed by atoms with E-state index >= 15 is 0 Å². The molecule has 3 rings (SSSR count). The molecule has 0 radical (unpaired) electrons. The molecule has 0 unspecified atom stereocenters. The van der Waals surface area contributed by atoms with Crippen molar-refractivity contribution >= 4 is 11.9 Å². The molecule has 0 spiro atoms. The third-order valence-corrected chi connectivity index (χ3v) is 4.53. The average molecular weight is 326 g/mol. The topological polar surface area (TPSA) is 94.3 Å². The number of rotatable bonds is 4. The second-order valence-electron chi connectivity index (χ2n) is 6.09. The molecule has 2 aromatic rings. The molecule has 1 aliphatic heterocycles. The van der Waals surface area contributed by atoms with Crippen LogP contribution in [0.2, 0.25) is 0 Å². The van der Waals surface area contributed by atoms with E-state index in [1.165, 1.54) is 10.5 Å². The SMILES string of the molecule is CCCc1ccccc1-c1cn2c(c1C(N)=O)CN(C(N)=O)CC2. The van der Waals surface area contributed by atoms with Crippen molar-refractivity contribution in [3.8, 4) is 11.1 Å². The lowest BCUT2D eigenvalue weighted by Crippen LogP contribution is -2.41. The first-order valence-corrected chi connectivity index (χ1v) is 8.17. The summed E-state index contributed by atoms with van der Waals surface area (Å²) in [4.78, 5) is 25.2. The summed E-state index contributed by atoms with van der Waals surface area (Å²) < 4.78 is 2.01. The smallest absolute Gasteiger partial charge is 0.315 e. The monoisotopic (exact) mass is 326 g/mol. The molecular formula is C18H22N4O2. The predicted molar refractivity (Wildman–Crippen MR) is 92.4 cm³/mol. The fraction of sp³-hybridized carbons (Fsp3) is 0.333. The standard InChI is InChI=1S/C18H22N4O2/c1-2-5-12-6-3-4-7-13(12)14-10-21-8-9-22(18(20)24)11-15(21)16(14)17(19)23/h3-4,6-7,10H,2,5,8-9,11H2,1H3,(H2,19,23)(H2,20,24). The molecule has 6 heteroatoms. The highest BCUT2D eigenvalue weighted by Crippen LogP contribution is 2.33. The molecule has 0 atom stereocenters. The van der Waals surface area contributed by atoms with Crippen molar-refractivity contribution < 1.29 is 9.59 Å². The number of hydrogen-bond donors (Lipinski definition) is 2. The van der Waals surface area contributed by atoms with Gasteiger partial charge in [0.1, 0.15) is 0 Å². The number of urea groups is 1. The highest BCUT2D eigenvalue weighted by molar-refractivity contribution is 6.01. The van der Waals surface area contributed by atoms with E-state index in [-0.39, 0.29) is 0 Å². The predicted octanol–water partition coefficient (Wildman–Crippen LogP) is 2.10. The molecule has 0 saturated carbocycles. The Labute approximate surface area is 141 Å². The Morgan fingerprint density at radius 1 is 1.12 bits per heavy atom. The lowest BCUT2D eigenvalue weighted by atomic mass is 9.95. The Morgan fingerprint density at radius 2 is 1.88 bits per heavy atom. The number of carbonyl (C=O) groups excluding carboxylic acids is 2. The van der Waals surface area contributed by atoms with Crippen LogP contribution < -0.4 is 11.5 Å². The van der Waals surface area contributed by atoms with Gasteiger partial charge in [0.25, 0.3) is 5.91 Å². The van der Waals surface area contributed by atoms with Gasteiger partial charge in [-0.1, -0.05) is 37.6 Å². The van der Waals surface area contributed by atoms with Crippen molar-refractivity contribution in [2.45, 2.75) is 32.9 Å². The summed E-state index contributed by atoms with van der Waals surface area (Å²) in [7, 11) is 0. The minimum atomic E-state index is -0.481. The molecule has 126 valence electrons. The van der Waals surface area contributed by atoms with Crippen LogP contribution in [0.25, 0.3) is 11.1 Å². The molecule has 0 aliphatic carbocycles. The number of aryl methyl sites for hydroxylation is 1. The molecule has 0 saturated heterocycles. The molecule has 1 aromatic heterocycles. The van der Waals surface area contributed by atoms with Gasteiger partial charge in [0, 0.05) is 24.8 Å². The third-order valence-electron chi connectivity index (χ3n) is 4.53. The highest BCUT2D eigenvalue weighted by Gasteiger charge is 2.27. The van der Waals surface area contributed by atoms with Crippen molar-refractivity contribution in [3.05, 3.63) is 47.3 Å². The number of fused-ring (bicyclic) bond motifs is 1. The van der Waals surface area contributed by atoms with Crippen molar-refractivity contribution in [2.75, 3.05) is 6.54 Å². The van der Waals surface area contributed by atoms with Gasteiger partial charge < -0.3 is 20.9 Å². The van der Waals surface area contributed by atoms with Crippen molar-refractivity contribution in [1.29, 1.82) is 0 Å². The molecule has 1 aromatic carbocycles. The first-order chi connectivity index (χ1) is 11.5. The Balaban J connectivity index is 2.14. The van der Waals surface area contributed by atoms with Crippen LogP contribution >= 0.6 is 0 Å². The number of primary amides is 2. The fourth-order valence-corrected chi connectivity index (χ4v) is 3.39. The summed E-state index contributed by atoms with van der Waals surface area (Å²) in [6.45, 7) is 3.57. The Morgan fingerprint density at radius 3 is 2.54 bits per heavy atom. The zero-order valence-corrected chi connectivity index (χ0v) is 13.8. The number of aromatic nitrogens is 1. The van der Waals surface area contributed by atoms with Gasteiger partial charge in [-0.2, -0.15) is 0 Å². The van der Waals surface area contributed by atoms with E-state index < -0.39 is 11.9 Å². The summed E-state index contributed by atoms with van der Waals surface area (Å²) in [6.07, 6.45) is 3.93. The zero-order chi connectivity index (χ0) is 17.3. The van der Waals surface area contributed by atoms with Gasteiger partial charge >= 0.3 is 6.03 Å². The first kappa shape index (κ1) is 16.1. The Kier molecular flexibility index (Phi) is 4.29. The molecule has 3 amide bonds. The Hall–Kier alpha value is -2.76.